The van der Waals surface area contributed by atoms with E-state index in [1.54, 1.807) is 6.42 Å². The molecule has 27 heavy (non-hydrogen) atoms. The van der Waals surface area contributed by atoms with Crippen LogP contribution in [0.15, 0.2) is 0 Å². The van der Waals surface area contributed by atoms with Gasteiger partial charge in [-0.25, -0.2) is 0 Å². The largest absolute Gasteiger partial charge is 0.303 e. The van der Waals surface area contributed by atoms with Crippen LogP contribution in [-0.2, 0) is 4.79 Å². The smallest absolute Gasteiger partial charge is 0.123 e. The van der Waals surface area contributed by atoms with Crippen molar-refractivity contribution >= 4 is 6.29 Å². The highest BCUT2D eigenvalue weighted by Crippen LogP contribution is 2.35. The first kappa shape index (κ1) is 23.0. The molecule has 0 heterocycles. The summed E-state index contributed by atoms with van der Waals surface area (Å²) in [5.41, 5.74) is 0. The Labute approximate surface area is 170 Å². The predicted octanol–water partition coefficient (Wildman–Crippen LogP) is 8.50. The van der Waals surface area contributed by atoms with Gasteiger partial charge in [0.05, 0.1) is 0 Å². The maximum atomic E-state index is 11.2. The predicted molar refractivity (Wildman–Crippen MR) is 118 cm³/mol. The first-order chi connectivity index (χ1) is 13.3. The molecular weight excluding hydrogens is 328 g/mol. The Morgan fingerprint density at radius 3 is 1.93 bits per heavy atom. The van der Waals surface area contributed by atoms with Crippen LogP contribution in [0.3, 0.4) is 0 Å². The van der Waals surface area contributed by atoms with E-state index in [0.717, 1.165) is 18.3 Å². The van der Waals surface area contributed by atoms with Crippen LogP contribution < -0.4 is 0 Å². The van der Waals surface area contributed by atoms with E-state index < -0.39 is 0 Å². The van der Waals surface area contributed by atoms with Crippen molar-refractivity contribution in [1.29, 1.82) is 0 Å². The number of hydrogen-bond donors (Lipinski definition) is 0. The van der Waals surface area contributed by atoms with Crippen LogP contribution in [0.4, 0.5) is 0 Å². The van der Waals surface area contributed by atoms with E-state index in [4.69, 9.17) is 0 Å². The zero-order valence-electron chi connectivity index (χ0n) is 18.4. The molecule has 0 aromatic rings. The number of aldehydes is 1. The molecule has 0 radical (unpaired) electrons. The van der Waals surface area contributed by atoms with Gasteiger partial charge in [-0.05, 0) is 43.4 Å². The highest BCUT2D eigenvalue weighted by molar-refractivity contribution is 5.54. The van der Waals surface area contributed by atoms with E-state index in [0.29, 0.717) is 11.8 Å². The van der Waals surface area contributed by atoms with Gasteiger partial charge in [-0.15, -0.1) is 0 Å². The molecule has 0 spiro atoms. The van der Waals surface area contributed by atoms with E-state index >= 15 is 0 Å². The zero-order chi connectivity index (χ0) is 19.2. The fourth-order valence-corrected chi connectivity index (χ4v) is 5.92. The highest BCUT2D eigenvalue weighted by Gasteiger charge is 2.24. The third-order valence-electron chi connectivity index (χ3n) is 7.69. The number of carbonyl (C=O) groups is 1. The van der Waals surface area contributed by atoms with Gasteiger partial charge < -0.3 is 4.79 Å². The van der Waals surface area contributed by atoms with Crippen molar-refractivity contribution in [2.24, 2.45) is 23.7 Å². The maximum absolute atomic E-state index is 11.2. The zero-order valence-corrected chi connectivity index (χ0v) is 18.4. The molecular formula is C26H48O. The average Bonchev–Trinajstić information content (AvgIpc) is 2.71. The van der Waals surface area contributed by atoms with E-state index in [-0.39, 0.29) is 0 Å². The molecule has 4 atom stereocenters. The first-order valence-electron chi connectivity index (χ1n) is 12.8. The molecule has 0 bridgehead atoms. The second-order valence-corrected chi connectivity index (χ2v) is 9.94. The van der Waals surface area contributed by atoms with Crippen LogP contribution in [-0.4, -0.2) is 6.29 Å². The summed E-state index contributed by atoms with van der Waals surface area (Å²) < 4.78 is 0. The van der Waals surface area contributed by atoms with Crippen molar-refractivity contribution in [3.63, 3.8) is 0 Å². The molecule has 158 valence electrons. The lowest BCUT2D eigenvalue weighted by molar-refractivity contribution is -0.113. The first-order valence-corrected chi connectivity index (χ1v) is 12.8. The van der Waals surface area contributed by atoms with Crippen LogP contribution in [0.2, 0.25) is 0 Å². The SMILES string of the molecule is CCCCC1CCCC(CCCCCCCCCC2CCCCC2C=O)C1. The van der Waals surface area contributed by atoms with Crippen molar-refractivity contribution in [1.82, 2.24) is 0 Å². The highest BCUT2D eigenvalue weighted by atomic mass is 16.1. The summed E-state index contributed by atoms with van der Waals surface area (Å²) in [6.07, 6.45) is 29.6. The molecule has 0 amide bonds. The van der Waals surface area contributed by atoms with Crippen LogP contribution in [0.1, 0.15) is 135 Å². The van der Waals surface area contributed by atoms with Gasteiger partial charge in [-0.1, -0.05) is 110 Å². The lowest BCUT2D eigenvalue weighted by Crippen LogP contribution is -2.20. The van der Waals surface area contributed by atoms with Crippen molar-refractivity contribution < 1.29 is 4.79 Å². The van der Waals surface area contributed by atoms with Gasteiger partial charge in [0.25, 0.3) is 0 Å². The van der Waals surface area contributed by atoms with Gasteiger partial charge in [0.2, 0.25) is 0 Å². The van der Waals surface area contributed by atoms with Gasteiger partial charge in [-0.3, -0.25) is 0 Å². The molecule has 2 aliphatic carbocycles. The number of unbranched alkanes of at least 4 members (excludes halogenated alkanes) is 7. The fraction of sp³-hybridized carbons (Fsp3) is 0.962. The van der Waals surface area contributed by atoms with Crippen molar-refractivity contribution in [2.75, 3.05) is 0 Å². The van der Waals surface area contributed by atoms with Gasteiger partial charge in [-0.2, -0.15) is 0 Å². The summed E-state index contributed by atoms with van der Waals surface area (Å²) in [6.45, 7) is 2.33. The molecule has 0 aromatic carbocycles. The van der Waals surface area contributed by atoms with E-state index in [1.807, 2.05) is 0 Å². The van der Waals surface area contributed by atoms with Crippen LogP contribution in [0.25, 0.3) is 0 Å². The van der Waals surface area contributed by atoms with Crippen molar-refractivity contribution in [3.05, 3.63) is 0 Å². The van der Waals surface area contributed by atoms with Crippen molar-refractivity contribution in [2.45, 2.75) is 135 Å². The van der Waals surface area contributed by atoms with E-state index in [1.165, 1.54) is 122 Å². The third-order valence-corrected chi connectivity index (χ3v) is 7.69. The molecule has 0 aliphatic heterocycles. The number of carbonyl (C=O) groups excluding carboxylic acids is 1. The normalized spacial score (nSPS) is 28.9. The monoisotopic (exact) mass is 376 g/mol. The average molecular weight is 377 g/mol. The van der Waals surface area contributed by atoms with Crippen LogP contribution in [0.5, 0.6) is 0 Å². The lowest BCUT2D eigenvalue weighted by Gasteiger charge is -2.29. The summed E-state index contributed by atoms with van der Waals surface area (Å²) in [4.78, 5) is 11.2. The number of hydrogen-bond acceptors (Lipinski definition) is 1. The molecule has 4 unspecified atom stereocenters. The minimum atomic E-state index is 0.389. The Hall–Kier alpha value is -0.330. The Morgan fingerprint density at radius 2 is 1.26 bits per heavy atom. The molecule has 1 heteroatoms. The van der Waals surface area contributed by atoms with Gasteiger partial charge in [0.1, 0.15) is 6.29 Å². The summed E-state index contributed by atoms with van der Waals surface area (Å²) >= 11 is 0. The van der Waals surface area contributed by atoms with Gasteiger partial charge in [0.15, 0.2) is 0 Å². The van der Waals surface area contributed by atoms with Crippen molar-refractivity contribution in [3.8, 4) is 0 Å². The van der Waals surface area contributed by atoms with Crippen LogP contribution in [0, 0.1) is 23.7 Å². The van der Waals surface area contributed by atoms with Gasteiger partial charge >= 0.3 is 0 Å². The summed E-state index contributed by atoms with van der Waals surface area (Å²) in [5, 5.41) is 0. The second kappa shape index (κ2) is 14.6. The standard InChI is InChI=1S/C26H48O/c1-2-3-14-23-16-13-17-24(21-23)15-9-7-5-4-6-8-10-18-25-19-11-12-20-26(25)22-27/h22-26H,2-21H2,1H3. The van der Waals surface area contributed by atoms with E-state index in [9.17, 15) is 4.79 Å². The molecule has 2 aliphatic rings. The van der Waals surface area contributed by atoms with Crippen LogP contribution >= 0.6 is 0 Å². The summed E-state index contributed by atoms with van der Waals surface area (Å²) in [7, 11) is 0. The molecule has 2 rings (SSSR count). The Bertz CT molecular complexity index is 363. The number of rotatable bonds is 14. The molecule has 0 N–H and O–H groups in total. The molecule has 2 saturated carbocycles. The van der Waals surface area contributed by atoms with E-state index in [2.05, 4.69) is 6.92 Å². The fourth-order valence-electron chi connectivity index (χ4n) is 5.92. The summed E-state index contributed by atoms with van der Waals surface area (Å²) in [5.74, 6) is 3.22. The molecule has 0 saturated heterocycles. The Kier molecular flexibility index (Phi) is 12.4. The maximum Gasteiger partial charge on any atom is 0.123 e. The second-order valence-electron chi connectivity index (χ2n) is 9.94. The minimum Gasteiger partial charge on any atom is -0.303 e. The van der Waals surface area contributed by atoms with Gasteiger partial charge in [0, 0.05) is 5.92 Å². The third kappa shape index (κ3) is 9.62. The molecule has 1 nitrogen and oxygen atoms in total. The molecule has 2 fully saturated rings. The minimum absolute atomic E-state index is 0.389. The Balaban J connectivity index is 1.40. The quantitative estimate of drug-likeness (QED) is 0.219. The Morgan fingerprint density at radius 1 is 0.667 bits per heavy atom. The lowest BCUT2D eigenvalue weighted by atomic mass is 9.77. The summed E-state index contributed by atoms with van der Waals surface area (Å²) in [6, 6.07) is 0. The molecule has 0 aromatic heterocycles. The topological polar surface area (TPSA) is 17.1 Å².